The second kappa shape index (κ2) is 4.93. The van der Waals surface area contributed by atoms with Crippen molar-refractivity contribution in [1.82, 2.24) is 19.9 Å². The average molecular weight is 284 g/mol. The van der Waals surface area contributed by atoms with Crippen LogP contribution >= 0.6 is 11.8 Å². The number of nitrogens with zero attached hydrogens (tertiary/aromatic N) is 4. The van der Waals surface area contributed by atoms with Gasteiger partial charge in [-0.3, -0.25) is 0 Å². The van der Waals surface area contributed by atoms with Gasteiger partial charge in [0.25, 0.3) is 0 Å². The lowest BCUT2D eigenvalue weighted by Gasteiger charge is -2.08. The number of anilines is 2. The van der Waals surface area contributed by atoms with Crippen molar-refractivity contribution in [3.05, 3.63) is 30.3 Å². The third-order valence-electron chi connectivity index (χ3n) is 2.78. The molecule has 3 rings (SSSR count). The van der Waals surface area contributed by atoms with E-state index in [4.69, 9.17) is 11.5 Å². The molecule has 0 aliphatic heterocycles. The maximum atomic E-state index is 5.98. The molecule has 2 heterocycles. The number of thioether (sulfide) groups is 1. The fourth-order valence-corrected chi connectivity index (χ4v) is 2.42. The number of nitrogens with two attached hydrogens (primary N) is 2. The van der Waals surface area contributed by atoms with Gasteiger partial charge < -0.3 is 11.5 Å². The van der Waals surface area contributed by atoms with Crippen LogP contribution in [0.15, 0.2) is 35.4 Å². The lowest BCUT2D eigenvalue weighted by molar-refractivity contribution is 1.07. The summed E-state index contributed by atoms with van der Waals surface area (Å²) in [6, 6.07) is 9.66. The van der Waals surface area contributed by atoms with Crippen molar-refractivity contribution in [1.29, 1.82) is 0 Å². The van der Waals surface area contributed by atoms with E-state index >= 15 is 0 Å². The molecule has 0 amide bonds. The van der Waals surface area contributed by atoms with Crippen LogP contribution in [0.2, 0.25) is 0 Å². The van der Waals surface area contributed by atoms with Gasteiger partial charge in [0.05, 0.1) is 0 Å². The molecule has 3 aromatic rings. The minimum Gasteiger partial charge on any atom is -0.382 e. The monoisotopic (exact) mass is 284 g/mol. The summed E-state index contributed by atoms with van der Waals surface area (Å²) in [5.74, 6) is 0.497. The van der Waals surface area contributed by atoms with E-state index in [0.29, 0.717) is 27.7 Å². The average Bonchev–Trinajstić information content (AvgIpc) is 2.46. The Labute approximate surface area is 119 Å². The zero-order chi connectivity index (χ0) is 14.1. The molecular formula is C13H12N6S. The van der Waals surface area contributed by atoms with Crippen molar-refractivity contribution < 1.29 is 0 Å². The highest BCUT2D eigenvalue weighted by Gasteiger charge is 2.13. The van der Waals surface area contributed by atoms with E-state index in [1.54, 1.807) is 0 Å². The van der Waals surface area contributed by atoms with E-state index in [1.165, 1.54) is 11.8 Å². The zero-order valence-corrected chi connectivity index (χ0v) is 11.6. The van der Waals surface area contributed by atoms with Gasteiger partial charge in [0.15, 0.2) is 11.5 Å². The van der Waals surface area contributed by atoms with E-state index < -0.39 is 0 Å². The minimum atomic E-state index is 0.169. The first-order valence-electron chi connectivity index (χ1n) is 5.89. The molecule has 6 nitrogen and oxygen atoms in total. The highest BCUT2D eigenvalue weighted by molar-refractivity contribution is 7.98. The number of aromatic nitrogens is 4. The van der Waals surface area contributed by atoms with Gasteiger partial charge >= 0.3 is 0 Å². The first-order chi connectivity index (χ1) is 9.69. The number of benzene rings is 1. The summed E-state index contributed by atoms with van der Waals surface area (Å²) in [4.78, 5) is 17.1. The summed E-state index contributed by atoms with van der Waals surface area (Å²) < 4.78 is 0. The molecule has 0 aliphatic carbocycles. The van der Waals surface area contributed by atoms with E-state index in [-0.39, 0.29) is 5.95 Å². The van der Waals surface area contributed by atoms with Crippen LogP contribution in [0.25, 0.3) is 22.4 Å². The molecule has 2 aromatic heterocycles. The Kier molecular flexibility index (Phi) is 3.11. The third kappa shape index (κ3) is 2.12. The van der Waals surface area contributed by atoms with Crippen LogP contribution in [0.5, 0.6) is 0 Å². The smallest absolute Gasteiger partial charge is 0.223 e. The number of fused-ring (bicyclic) bond motifs is 1. The van der Waals surface area contributed by atoms with Crippen LogP contribution in [-0.2, 0) is 0 Å². The Morgan fingerprint density at radius 1 is 0.950 bits per heavy atom. The van der Waals surface area contributed by atoms with Crippen LogP contribution in [0.4, 0.5) is 11.8 Å². The lowest BCUT2D eigenvalue weighted by Crippen LogP contribution is -2.04. The fraction of sp³-hybridized carbons (Fsp3) is 0.0769. The molecule has 1 aromatic carbocycles. The van der Waals surface area contributed by atoms with Gasteiger partial charge in [-0.15, -0.1) is 11.8 Å². The molecule has 0 aliphatic rings. The molecule has 100 valence electrons. The SMILES string of the molecule is CSc1nc(N)nc2nc(N)c(-c3ccccc3)nc12. The summed E-state index contributed by atoms with van der Waals surface area (Å²) in [5.41, 5.74) is 14.2. The Bertz CT molecular complexity index is 775. The molecule has 0 spiro atoms. The fourth-order valence-electron chi connectivity index (χ4n) is 1.90. The van der Waals surface area contributed by atoms with Gasteiger partial charge in [0.2, 0.25) is 5.95 Å². The van der Waals surface area contributed by atoms with Crippen LogP contribution in [0, 0.1) is 0 Å². The summed E-state index contributed by atoms with van der Waals surface area (Å²) >= 11 is 1.45. The van der Waals surface area contributed by atoms with Crippen molar-refractivity contribution in [3.8, 4) is 11.3 Å². The van der Waals surface area contributed by atoms with E-state index in [0.717, 1.165) is 5.56 Å². The molecule has 0 bridgehead atoms. The standard InChI is InChI=1S/C13H12N6S/c1-20-12-9-11(18-13(15)19-12)17-10(14)8(16-9)7-5-3-2-4-6-7/h2-6H,1H3,(H4,14,15,17,18,19). The van der Waals surface area contributed by atoms with Gasteiger partial charge in [-0.25, -0.2) is 15.0 Å². The Hall–Kier alpha value is -2.41. The highest BCUT2D eigenvalue weighted by atomic mass is 32.2. The third-order valence-corrected chi connectivity index (χ3v) is 3.46. The molecule has 0 radical (unpaired) electrons. The molecule has 20 heavy (non-hydrogen) atoms. The van der Waals surface area contributed by atoms with Crippen molar-refractivity contribution in [3.63, 3.8) is 0 Å². The van der Waals surface area contributed by atoms with Crippen molar-refractivity contribution in [2.24, 2.45) is 0 Å². The van der Waals surface area contributed by atoms with Gasteiger partial charge in [-0.05, 0) is 6.26 Å². The topological polar surface area (TPSA) is 104 Å². The van der Waals surface area contributed by atoms with Gasteiger partial charge in [-0.1, -0.05) is 30.3 Å². The molecular weight excluding hydrogens is 272 g/mol. The number of rotatable bonds is 2. The Balaban J connectivity index is 2.30. The Morgan fingerprint density at radius 2 is 1.70 bits per heavy atom. The van der Waals surface area contributed by atoms with Crippen molar-refractivity contribution >= 4 is 34.7 Å². The second-order valence-electron chi connectivity index (χ2n) is 4.09. The van der Waals surface area contributed by atoms with Crippen molar-refractivity contribution in [2.45, 2.75) is 5.03 Å². The van der Waals surface area contributed by atoms with E-state index in [1.807, 2.05) is 36.6 Å². The molecule has 0 unspecified atom stereocenters. The van der Waals surface area contributed by atoms with Crippen LogP contribution in [0.3, 0.4) is 0 Å². The molecule has 0 fully saturated rings. The summed E-state index contributed by atoms with van der Waals surface area (Å²) in [7, 11) is 0. The lowest BCUT2D eigenvalue weighted by atomic mass is 10.1. The van der Waals surface area contributed by atoms with Crippen LogP contribution in [0.1, 0.15) is 0 Å². The number of hydrogen-bond donors (Lipinski definition) is 2. The molecule has 0 saturated heterocycles. The number of nitrogen functional groups attached to an aromatic ring is 2. The van der Waals surface area contributed by atoms with Crippen LogP contribution in [-0.4, -0.2) is 26.2 Å². The first kappa shape index (κ1) is 12.6. The Morgan fingerprint density at radius 3 is 2.40 bits per heavy atom. The molecule has 4 N–H and O–H groups in total. The number of hydrogen-bond acceptors (Lipinski definition) is 7. The highest BCUT2D eigenvalue weighted by Crippen LogP contribution is 2.28. The largest absolute Gasteiger partial charge is 0.382 e. The maximum absolute atomic E-state index is 5.98. The van der Waals surface area contributed by atoms with E-state index in [2.05, 4.69) is 19.9 Å². The molecule has 0 saturated carbocycles. The van der Waals surface area contributed by atoms with Crippen molar-refractivity contribution in [2.75, 3.05) is 17.7 Å². The predicted molar refractivity (Wildman–Crippen MR) is 81.2 cm³/mol. The van der Waals surface area contributed by atoms with Crippen LogP contribution < -0.4 is 11.5 Å². The van der Waals surface area contributed by atoms with E-state index in [9.17, 15) is 0 Å². The molecule has 0 atom stereocenters. The normalized spacial score (nSPS) is 10.8. The molecule has 7 heteroatoms. The summed E-state index contributed by atoms with van der Waals surface area (Å²) in [5, 5.41) is 0.692. The zero-order valence-electron chi connectivity index (χ0n) is 10.7. The summed E-state index contributed by atoms with van der Waals surface area (Å²) in [6.07, 6.45) is 1.90. The minimum absolute atomic E-state index is 0.169. The summed E-state index contributed by atoms with van der Waals surface area (Å²) in [6.45, 7) is 0. The quantitative estimate of drug-likeness (QED) is 0.547. The second-order valence-corrected chi connectivity index (χ2v) is 4.88. The maximum Gasteiger partial charge on any atom is 0.223 e. The predicted octanol–water partition coefficient (Wildman–Crippen LogP) is 1.97. The van der Waals surface area contributed by atoms with Gasteiger partial charge in [0, 0.05) is 5.56 Å². The van der Waals surface area contributed by atoms with Gasteiger partial charge in [-0.2, -0.15) is 4.98 Å². The van der Waals surface area contributed by atoms with Gasteiger partial charge in [0.1, 0.15) is 16.2 Å². The first-order valence-corrected chi connectivity index (χ1v) is 7.11.